The molecule has 0 atom stereocenters. The Morgan fingerprint density at radius 3 is 2.40 bits per heavy atom. The largest absolute Gasteiger partial charge is 0.364 e. The van der Waals surface area contributed by atoms with Crippen LogP contribution in [-0.2, 0) is 6.54 Å². The minimum Gasteiger partial charge on any atom is -0.364 e. The summed E-state index contributed by atoms with van der Waals surface area (Å²) in [6.07, 6.45) is 5.53. The number of hydrogen-bond acceptors (Lipinski definition) is 4. The van der Waals surface area contributed by atoms with Gasteiger partial charge < -0.3 is 9.88 Å². The van der Waals surface area contributed by atoms with Gasteiger partial charge in [-0.15, -0.1) is 0 Å². The second-order valence-electron chi connectivity index (χ2n) is 6.85. The topological polar surface area (TPSA) is 55.6 Å². The lowest BCUT2D eigenvalue weighted by Gasteiger charge is -2.09. The highest BCUT2D eigenvalue weighted by atomic mass is 79.9. The summed E-state index contributed by atoms with van der Waals surface area (Å²) in [6.45, 7) is 0.588. The van der Waals surface area contributed by atoms with Crippen molar-refractivity contribution in [3.8, 4) is 16.8 Å². The molecule has 0 spiro atoms. The zero-order valence-electron chi connectivity index (χ0n) is 16.0. The lowest BCUT2D eigenvalue weighted by molar-refractivity contribution is 1.02. The average molecular weight is 456 g/mol. The van der Waals surface area contributed by atoms with Gasteiger partial charge in [-0.3, -0.25) is 4.98 Å². The molecule has 5 nitrogen and oxygen atoms in total. The Hall–Kier alpha value is -3.51. The molecule has 0 saturated heterocycles. The number of fused-ring (bicyclic) bond motifs is 1. The molecule has 0 aliphatic heterocycles. The number of nitrogens with one attached hydrogen (secondary N) is 1. The maximum absolute atomic E-state index is 4.63. The Labute approximate surface area is 182 Å². The van der Waals surface area contributed by atoms with Gasteiger partial charge in [-0.05, 0) is 42.0 Å². The first-order valence-electron chi connectivity index (χ1n) is 9.61. The number of nitrogens with zero attached hydrogens (tertiary/aromatic N) is 4. The minimum atomic E-state index is 0.588. The summed E-state index contributed by atoms with van der Waals surface area (Å²) in [4.78, 5) is 13.6. The fourth-order valence-corrected chi connectivity index (χ4v) is 3.77. The van der Waals surface area contributed by atoms with Crippen LogP contribution in [0.15, 0.2) is 96.0 Å². The van der Waals surface area contributed by atoms with Gasteiger partial charge in [0.25, 0.3) is 0 Å². The van der Waals surface area contributed by atoms with E-state index in [-0.39, 0.29) is 0 Å². The van der Waals surface area contributed by atoms with Crippen LogP contribution in [-0.4, -0.2) is 19.5 Å². The minimum absolute atomic E-state index is 0.588. The molecular weight excluding hydrogens is 438 g/mol. The molecule has 6 heteroatoms. The van der Waals surface area contributed by atoms with E-state index in [1.54, 1.807) is 12.5 Å². The Morgan fingerprint density at radius 1 is 0.833 bits per heavy atom. The van der Waals surface area contributed by atoms with Crippen LogP contribution in [0.1, 0.15) is 5.69 Å². The number of halogens is 1. The maximum Gasteiger partial charge on any atom is 0.150 e. The van der Waals surface area contributed by atoms with E-state index in [9.17, 15) is 0 Å². The standard InChI is InChI=1S/C24H18BrN5/c25-18-9-11-20(12-10-18)30-15-21(17-6-2-1-3-7-17)22-23(28-16-29-24(22)30)27-14-19-8-4-5-13-26-19/h1-13,15-16H,14H2,(H,27,28,29). The molecule has 1 N–H and O–H groups in total. The number of benzene rings is 2. The molecule has 0 aliphatic carbocycles. The number of aromatic nitrogens is 4. The van der Waals surface area contributed by atoms with Crippen LogP contribution in [0.5, 0.6) is 0 Å². The number of hydrogen-bond donors (Lipinski definition) is 1. The van der Waals surface area contributed by atoms with Gasteiger partial charge in [0.15, 0.2) is 5.65 Å². The summed E-state index contributed by atoms with van der Waals surface area (Å²) in [6, 6.07) is 24.4. The van der Waals surface area contributed by atoms with Crippen LogP contribution in [0.25, 0.3) is 27.8 Å². The van der Waals surface area contributed by atoms with E-state index in [1.165, 1.54) is 0 Å². The van der Waals surface area contributed by atoms with Crippen LogP contribution >= 0.6 is 15.9 Å². The molecule has 3 aromatic heterocycles. The van der Waals surface area contributed by atoms with Crippen molar-refractivity contribution in [2.45, 2.75) is 6.54 Å². The van der Waals surface area contributed by atoms with Crippen LogP contribution in [0.4, 0.5) is 5.82 Å². The third-order valence-electron chi connectivity index (χ3n) is 4.94. The van der Waals surface area contributed by atoms with Gasteiger partial charge in [-0.1, -0.05) is 52.3 Å². The molecule has 0 saturated carbocycles. The zero-order chi connectivity index (χ0) is 20.3. The van der Waals surface area contributed by atoms with Crippen molar-refractivity contribution < 1.29 is 0 Å². The van der Waals surface area contributed by atoms with Crippen LogP contribution in [0, 0.1) is 0 Å². The predicted molar refractivity (Wildman–Crippen MR) is 124 cm³/mol. The quantitative estimate of drug-likeness (QED) is 0.360. The first-order chi connectivity index (χ1) is 14.8. The third kappa shape index (κ3) is 3.57. The summed E-state index contributed by atoms with van der Waals surface area (Å²) < 4.78 is 3.15. The fourth-order valence-electron chi connectivity index (χ4n) is 3.51. The van der Waals surface area contributed by atoms with Crippen molar-refractivity contribution in [2.24, 2.45) is 0 Å². The second kappa shape index (κ2) is 8.08. The summed E-state index contributed by atoms with van der Waals surface area (Å²) in [5, 5.41) is 4.44. The molecule has 5 aromatic rings. The fraction of sp³-hybridized carbons (Fsp3) is 0.0417. The highest BCUT2D eigenvalue weighted by molar-refractivity contribution is 9.10. The molecule has 2 aromatic carbocycles. The second-order valence-corrected chi connectivity index (χ2v) is 7.77. The highest BCUT2D eigenvalue weighted by Crippen LogP contribution is 2.35. The van der Waals surface area contributed by atoms with Crippen LogP contribution in [0.2, 0.25) is 0 Å². The summed E-state index contributed by atoms with van der Waals surface area (Å²) in [5.74, 6) is 0.792. The highest BCUT2D eigenvalue weighted by Gasteiger charge is 2.17. The molecule has 0 amide bonds. The molecule has 5 rings (SSSR count). The van der Waals surface area contributed by atoms with Crippen LogP contribution in [0.3, 0.4) is 0 Å². The number of rotatable bonds is 5. The van der Waals surface area contributed by atoms with Crippen molar-refractivity contribution in [1.29, 1.82) is 0 Å². The molecule has 146 valence electrons. The van der Waals surface area contributed by atoms with Crippen molar-refractivity contribution in [3.63, 3.8) is 0 Å². The van der Waals surface area contributed by atoms with E-state index in [4.69, 9.17) is 0 Å². The summed E-state index contributed by atoms with van der Waals surface area (Å²) >= 11 is 3.51. The van der Waals surface area contributed by atoms with Crippen molar-refractivity contribution in [3.05, 3.63) is 102 Å². The monoisotopic (exact) mass is 455 g/mol. The van der Waals surface area contributed by atoms with Gasteiger partial charge in [-0.2, -0.15) is 0 Å². The third-order valence-corrected chi connectivity index (χ3v) is 5.46. The van der Waals surface area contributed by atoms with E-state index < -0.39 is 0 Å². The van der Waals surface area contributed by atoms with Crippen molar-refractivity contribution in [2.75, 3.05) is 5.32 Å². The molecule has 3 heterocycles. The zero-order valence-corrected chi connectivity index (χ0v) is 17.6. The summed E-state index contributed by atoms with van der Waals surface area (Å²) in [5.41, 5.74) is 5.05. The van der Waals surface area contributed by atoms with Crippen molar-refractivity contribution in [1.82, 2.24) is 19.5 Å². The molecule has 30 heavy (non-hydrogen) atoms. The van der Waals surface area contributed by atoms with E-state index in [0.29, 0.717) is 6.54 Å². The molecule has 0 fully saturated rings. The number of pyridine rings is 1. The Bertz CT molecular complexity index is 1280. The molecule has 0 radical (unpaired) electrons. The lowest BCUT2D eigenvalue weighted by atomic mass is 10.1. The smallest absolute Gasteiger partial charge is 0.150 e. The van der Waals surface area contributed by atoms with Crippen molar-refractivity contribution >= 4 is 32.8 Å². The molecular formula is C24H18BrN5. The van der Waals surface area contributed by atoms with Gasteiger partial charge in [0.2, 0.25) is 0 Å². The lowest BCUT2D eigenvalue weighted by Crippen LogP contribution is -2.04. The Morgan fingerprint density at radius 2 is 1.63 bits per heavy atom. The first-order valence-corrected chi connectivity index (χ1v) is 10.4. The Balaban J connectivity index is 1.67. The van der Waals surface area contributed by atoms with E-state index in [2.05, 4.69) is 71.2 Å². The van der Waals surface area contributed by atoms with Gasteiger partial charge in [0.05, 0.1) is 17.6 Å². The van der Waals surface area contributed by atoms with Gasteiger partial charge in [0, 0.05) is 28.1 Å². The van der Waals surface area contributed by atoms with Crippen LogP contribution < -0.4 is 5.32 Å². The average Bonchev–Trinajstić information content (AvgIpc) is 3.20. The predicted octanol–water partition coefficient (Wildman–Crippen LogP) is 5.86. The van der Waals surface area contributed by atoms with E-state index >= 15 is 0 Å². The van der Waals surface area contributed by atoms with Gasteiger partial charge in [0.1, 0.15) is 12.1 Å². The summed E-state index contributed by atoms with van der Waals surface area (Å²) in [7, 11) is 0. The van der Waals surface area contributed by atoms with Gasteiger partial charge >= 0.3 is 0 Å². The van der Waals surface area contributed by atoms with E-state index in [0.717, 1.165) is 43.8 Å². The van der Waals surface area contributed by atoms with Gasteiger partial charge in [-0.25, -0.2) is 9.97 Å². The van der Waals surface area contributed by atoms with E-state index in [1.807, 2.05) is 48.5 Å². The molecule has 0 aliphatic rings. The Kier molecular flexibility index (Phi) is 4.99. The molecule has 0 unspecified atom stereocenters. The number of anilines is 1. The molecule has 0 bridgehead atoms. The first kappa shape index (κ1) is 18.5. The maximum atomic E-state index is 4.63. The normalized spacial score (nSPS) is 11.0. The SMILES string of the molecule is Brc1ccc(-n2cc(-c3ccccc3)c3c(NCc4ccccn4)ncnc32)cc1.